The second kappa shape index (κ2) is 15.2. The van der Waals surface area contributed by atoms with Crippen molar-refractivity contribution in [2.45, 2.75) is 63.5 Å². The average Bonchev–Trinajstić information content (AvgIpc) is 3.77. The van der Waals surface area contributed by atoms with Crippen LogP contribution >= 0.6 is 11.8 Å². The molecule has 3 aromatic rings. The van der Waals surface area contributed by atoms with E-state index in [2.05, 4.69) is 15.6 Å². The number of methoxy groups -OCH3 is 1. The molecule has 3 fully saturated rings. The zero-order valence-corrected chi connectivity index (χ0v) is 29.1. The first-order valence-electron chi connectivity index (χ1n) is 17.6. The van der Waals surface area contributed by atoms with Gasteiger partial charge in [0.25, 0.3) is 11.8 Å². The molecule has 12 nitrogen and oxygen atoms in total. The number of furan rings is 1. The zero-order valence-electron chi connectivity index (χ0n) is 28.3. The highest BCUT2D eigenvalue weighted by Gasteiger charge is 2.33. The molecular weight excluding hydrogens is 659 g/mol. The number of anilines is 1. The van der Waals surface area contributed by atoms with Crippen molar-refractivity contribution in [3.05, 3.63) is 47.7 Å². The smallest absolute Gasteiger partial charge is 0.289 e. The van der Waals surface area contributed by atoms with Crippen LogP contribution in [-0.4, -0.2) is 96.6 Å². The van der Waals surface area contributed by atoms with Crippen LogP contribution in [0, 0.1) is 5.92 Å². The highest BCUT2D eigenvalue weighted by Crippen LogP contribution is 2.38. The van der Waals surface area contributed by atoms with Crippen LogP contribution in [0.1, 0.15) is 72.3 Å². The molecule has 4 amide bonds. The van der Waals surface area contributed by atoms with Gasteiger partial charge in [0.2, 0.25) is 11.8 Å². The molecule has 2 saturated heterocycles. The number of hydrogen-bond donors (Lipinski definition) is 2. The largest absolute Gasteiger partial charge is 0.493 e. The third-order valence-electron chi connectivity index (χ3n) is 10.0. The minimum atomic E-state index is -0.148. The van der Waals surface area contributed by atoms with Gasteiger partial charge in [-0.15, -0.1) is 0 Å². The Labute approximate surface area is 295 Å². The summed E-state index contributed by atoms with van der Waals surface area (Å²) in [7, 11) is 1.54. The normalized spacial score (nSPS) is 21.7. The van der Waals surface area contributed by atoms with E-state index in [9.17, 15) is 19.2 Å². The summed E-state index contributed by atoms with van der Waals surface area (Å²) in [6.45, 7) is 2.47. The molecule has 4 heterocycles. The summed E-state index contributed by atoms with van der Waals surface area (Å²) < 4.78 is 17.4. The molecule has 1 aromatic heterocycles. The molecule has 2 N–H and O–H groups in total. The van der Waals surface area contributed by atoms with Crippen molar-refractivity contribution in [2.24, 2.45) is 10.9 Å². The standard InChI is InChI=1S/C37H43N5O7S/c1-47-31-20-28-29(38-22-27-4-2-12-42(27)36(28)45)21-32(31)48-15-3-5-34(43)39-25-9-6-23(7-10-25)35(44)40-26-11-8-24-18-33(49-30(24)19-26)37(46)41-13-16-50-17-14-41/h8,11,18-23,25,27H,2-7,9-10,12-17H2,1H3,(H,39,43)(H,40,44). The Kier molecular flexibility index (Phi) is 10.3. The van der Waals surface area contributed by atoms with Gasteiger partial charge in [-0.1, -0.05) is 0 Å². The number of thioether (sulfide) groups is 1. The van der Waals surface area contributed by atoms with E-state index in [0.29, 0.717) is 72.1 Å². The van der Waals surface area contributed by atoms with Gasteiger partial charge in [-0.3, -0.25) is 24.2 Å². The quantitative estimate of drug-likeness (QED) is 0.267. The summed E-state index contributed by atoms with van der Waals surface area (Å²) in [4.78, 5) is 60.0. The van der Waals surface area contributed by atoms with Crippen LogP contribution in [0.15, 0.2) is 45.8 Å². The van der Waals surface area contributed by atoms with Crippen LogP contribution in [0.3, 0.4) is 0 Å². The SMILES string of the molecule is COc1cc2c(cc1OCCCC(=O)NC1CCC(C(=O)Nc3ccc4cc(C(=O)N5CCSCC5)oc4c3)CC1)N=CC1CCCN1C2=O. The molecule has 2 aromatic carbocycles. The van der Waals surface area contributed by atoms with Crippen LogP contribution in [0.4, 0.5) is 11.4 Å². The van der Waals surface area contributed by atoms with Gasteiger partial charge >= 0.3 is 0 Å². The van der Waals surface area contributed by atoms with Crippen molar-refractivity contribution in [3.8, 4) is 11.5 Å². The van der Waals surface area contributed by atoms with E-state index in [0.717, 1.165) is 62.2 Å². The molecule has 0 radical (unpaired) electrons. The van der Waals surface area contributed by atoms with Gasteiger partial charge in [-0.05, 0) is 69.2 Å². The van der Waals surface area contributed by atoms with Crippen molar-refractivity contribution in [1.82, 2.24) is 15.1 Å². The highest BCUT2D eigenvalue weighted by molar-refractivity contribution is 7.99. The number of carbonyl (C=O) groups is 4. The molecule has 7 rings (SSSR count). The fraction of sp³-hybridized carbons (Fsp3) is 0.486. The lowest BCUT2D eigenvalue weighted by Gasteiger charge is -2.28. The lowest BCUT2D eigenvalue weighted by molar-refractivity contribution is -0.122. The number of rotatable bonds is 10. The first kappa shape index (κ1) is 34.0. The number of fused-ring (bicyclic) bond motifs is 3. The Morgan fingerprint density at radius 2 is 1.82 bits per heavy atom. The van der Waals surface area contributed by atoms with Crippen LogP contribution < -0.4 is 20.1 Å². The molecule has 1 aliphatic carbocycles. The lowest BCUT2D eigenvalue weighted by Crippen LogP contribution is -2.39. The number of nitrogens with zero attached hydrogens (tertiary/aromatic N) is 3. The van der Waals surface area contributed by atoms with E-state index in [1.165, 1.54) is 0 Å². The number of hydrogen-bond acceptors (Lipinski definition) is 9. The van der Waals surface area contributed by atoms with Crippen LogP contribution in [0.2, 0.25) is 0 Å². The predicted molar refractivity (Wildman–Crippen MR) is 192 cm³/mol. The summed E-state index contributed by atoms with van der Waals surface area (Å²) in [6, 6.07) is 10.7. The fourth-order valence-electron chi connectivity index (χ4n) is 7.22. The average molecular weight is 702 g/mol. The Balaban J connectivity index is 0.841. The maximum atomic E-state index is 13.1. The third kappa shape index (κ3) is 7.47. The topological polar surface area (TPSA) is 143 Å². The van der Waals surface area contributed by atoms with Crippen molar-refractivity contribution in [2.75, 3.05) is 50.2 Å². The first-order valence-corrected chi connectivity index (χ1v) is 18.7. The third-order valence-corrected chi connectivity index (χ3v) is 11.0. The zero-order chi connectivity index (χ0) is 34.6. The van der Waals surface area contributed by atoms with Gasteiger partial charge in [-0.2, -0.15) is 11.8 Å². The summed E-state index contributed by atoms with van der Waals surface area (Å²) in [5, 5.41) is 6.96. The van der Waals surface area contributed by atoms with E-state index in [4.69, 9.17) is 13.9 Å². The van der Waals surface area contributed by atoms with E-state index >= 15 is 0 Å². The van der Waals surface area contributed by atoms with Gasteiger partial charge in [0, 0.05) is 78.9 Å². The molecule has 13 heteroatoms. The van der Waals surface area contributed by atoms with Gasteiger partial charge in [0.1, 0.15) is 5.58 Å². The molecule has 0 bridgehead atoms. The van der Waals surface area contributed by atoms with E-state index in [1.807, 2.05) is 39.9 Å². The number of nitrogens with one attached hydrogen (secondary N) is 2. The van der Waals surface area contributed by atoms with Crippen molar-refractivity contribution < 1.29 is 33.1 Å². The van der Waals surface area contributed by atoms with Crippen LogP contribution in [-0.2, 0) is 9.59 Å². The number of ether oxygens (including phenoxy) is 2. The van der Waals surface area contributed by atoms with E-state index in [1.54, 1.807) is 31.4 Å². The van der Waals surface area contributed by atoms with Gasteiger partial charge in [-0.25, -0.2) is 0 Å². The summed E-state index contributed by atoms with van der Waals surface area (Å²) in [6.07, 6.45) is 7.35. The molecular formula is C37H43N5O7S. The summed E-state index contributed by atoms with van der Waals surface area (Å²) in [5.41, 5.74) is 2.27. The summed E-state index contributed by atoms with van der Waals surface area (Å²) >= 11 is 1.85. The fourth-order valence-corrected chi connectivity index (χ4v) is 8.12. The van der Waals surface area contributed by atoms with Gasteiger partial charge < -0.3 is 34.3 Å². The number of benzene rings is 2. The van der Waals surface area contributed by atoms with Crippen molar-refractivity contribution in [1.29, 1.82) is 0 Å². The van der Waals surface area contributed by atoms with Gasteiger partial charge in [0.05, 0.1) is 31.0 Å². The van der Waals surface area contributed by atoms with E-state index < -0.39 is 0 Å². The highest BCUT2D eigenvalue weighted by atomic mass is 32.2. The Morgan fingerprint density at radius 3 is 2.62 bits per heavy atom. The van der Waals surface area contributed by atoms with Gasteiger partial charge in [0.15, 0.2) is 17.3 Å². The van der Waals surface area contributed by atoms with Crippen LogP contribution in [0.25, 0.3) is 11.0 Å². The molecule has 1 saturated carbocycles. The molecule has 0 spiro atoms. The molecule has 4 aliphatic rings. The first-order chi connectivity index (χ1) is 24.4. The monoisotopic (exact) mass is 701 g/mol. The molecule has 50 heavy (non-hydrogen) atoms. The van der Waals surface area contributed by atoms with Crippen molar-refractivity contribution in [3.63, 3.8) is 0 Å². The lowest BCUT2D eigenvalue weighted by atomic mass is 9.85. The molecule has 3 aliphatic heterocycles. The second-order valence-electron chi connectivity index (χ2n) is 13.3. The molecule has 264 valence electrons. The van der Waals surface area contributed by atoms with Crippen molar-refractivity contribution >= 4 is 63.9 Å². The summed E-state index contributed by atoms with van der Waals surface area (Å²) in [5.74, 6) is 2.75. The minimum Gasteiger partial charge on any atom is -0.493 e. The minimum absolute atomic E-state index is 0.0247. The maximum Gasteiger partial charge on any atom is 0.289 e. The van der Waals surface area contributed by atoms with E-state index in [-0.39, 0.29) is 41.6 Å². The maximum absolute atomic E-state index is 13.1. The predicted octanol–water partition coefficient (Wildman–Crippen LogP) is 5.42. The second-order valence-corrected chi connectivity index (χ2v) is 14.6. The Hall–Kier alpha value is -4.52. The number of aliphatic imine (C=N–C) groups is 1. The number of amides is 4. The molecule has 1 unspecified atom stereocenters. The molecule has 1 atom stereocenters. The van der Waals surface area contributed by atoms with Crippen LogP contribution in [0.5, 0.6) is 11.5 Å². The Bertz CT molecular complexity index is 1790. The number of carbonyl (C=O) groups excluding carboxylic acids is 4. The Morgan fingerprint density at radius 1 is 1.00 bits per heavy atom.